The molecule has 2 aromatic heterocycles. The van der Waals surface area contributed by atoms with Gasteiger partial charge in [-0.1, -0.05) is 35.3 Å². The SMILES string of the molecule is O=C(NCC(O)c1cccc(Cl)c1)c1cn[nH]c1-c1ccc(Cl)s1. The zero-order valence-corrected chi connectivity index (χ0v) is 14.6. The first-order valence-electron chi connectivity index (χ1n) is 7.05. The van der Waals surface area contributed by atoms with Crippen molar-refractivity contribution >= 4 is 40.4 Å². The van der Waals surface area contributed by atoms with E-state index in [4.69, 9.17) is 23.2 Å². The van der Waals surface area contributed by atoms with E-state index in [2.05, 4.69) is 15.5 Å². The monoisotopic (exact) mass is 381 g/mol. The molecule has 1 amide bonds. The number of H-pyrrole nitrogens is 1. The zero-order chi connectivity index (χ0) is 17.1. The van der Waals surface area contributed by atoms with Crippen molar-refractivity contribution in [3.63, 3.8) is 0 Å². The molecule has 5 nitrogen and oxygen atoms in total. The van der Waals surface area contributed by atoms with E-state index < -0.39 is 6.10 Å². The lowest BCUT2D eigenvalue weighted by Crippen LogP contribution is -2.28. The minimum atomic E-state index is -0.848. The molecule has 0 bridgehead atoms. The molecule has 0 saturated heterocycles. The third kappa shape index (κ3) is 3.79. The summed E-state index contributed by atoms with van der Waals surface area (Å²) in [6, 6.07) is 10.5. The molecular formula is C16H13Cl2N3O2S. The largest absolute Gasteiger partial charge is 0.387 e. The number of thiophene rings is 1. The van der Waals surface area contributed by atoms with Crippen molar-refractivity contribution in [3.8, 4) is 10.6 Å². The Morgan fingerprint density at radius 1 is 1.33 bits per heavy atom. The number of aromatic amines is 1. The number of carbonyl (C=O) groups excluding carboxylic acids is 1. The molecule has 0 aliphatic carbocycles. The van der Waals surface area contributed by atoms with E-state index in [1.165, 1.54) is 17.5 Å². The van der Waals surface area contributed by atoms with Gasteiger partial charge in [0, 0.05) is 11.6 Å². The second kappa shape index (κ2) is 7.36. The van der Waals surface area contributed by atoms with E-state index in [0.29, 0.717) is 26.2 Å². The molecule has 0 spiro atoms. The lowest BCUT2D eigenvalue weighted by atomic mass is 10.1. The second-order valence-corrected chi connectivity index (χ2v) is 7.19. The van der Waals surface area contributed by atoms with Crippen molar-refractivity contribution in [2.75, 3.05) is 6.54 Å². The highest BCUT2D eigenvalue weighted by Gasteiger charge is 2.18. The summed E-state index contributed by atoms with van der Waals surface area (Å²) in [7, 11) is 0. The minimum absolute atomic E-state index is 0.0645. The van der Waals surface area contributed by atoms with Gasteiger partial charge in [0.05, 0.1) is 32.8 Å². The topological polar surface area (TPSA) is 78.0 Å². The number of benzene rings is 1. The molecule has 124 valence electrons. The fourth-order valence-electron chi connectivity index (χ4n) is 2.21. The van der Waals surface area contributed by atoms with E-state index in [-0.39, 0.29) is 12.5 Å². The van der Waals surface area contributed by atoms with E-state index in [1.54, 1.807) is 30.3 Å². The molecule has 0 aliphatic rings. The number of aliphatic hydroxyl groups is 1. The molecule has 0 fully saturated rings. The molecule has 3 N–H and O–H groups in total. The third-order valence-corrected chi connectivity index (χ3v) is 4.88. The molecule has 8 heteroatoms. The van der Waals surface area contributed by atoms with Crippen LogP contribution in [0, 0.1) is 0 Å². The Morgan fingerprint density at radius 2 is 2.17 bits per heavy atom. The van der Waals surface area contributed by atoms with Gasteiger partial charge >= 0.3 is 0 Å². The Labute approximate surface area is 152 Å². The van der Waals surface area contributed by atoms with Crippen LogP contribution in [0.4, 0.5) is 0 Å². The van der Waals surface area contributed by atoms with E-state index >= 15 is 0 Å². The fraction of sp³-hybridized carbons (Fsp3) is 0.125. The first kappa shape index (κ1) is 17.0. The molecular weight excluding hydrogens is 369 g/mol. The maximum absolute atomic E-state index is 12.4. The van der Waals surface area contributed by atoms with Gasteiger partial charge in [-0.15, -0.1) is 11.3 Å². The zero-order valence-electron chi connectivity index (χ0n) is 12.3. The Hall–Kier alpha value is -1.86. The lowest BCUT2D eigenvalue weighted by molar-refractivity contribution is 0.0917. The number of aliphatic hydroxyl groups excluding tert-OH is 1. The van der Waals surface area contributed by atoms with E-state index in [0.717, 1.165) is 4.88 Å². The number of rotatable bonds is 5. The number of nitrogens with zero attached hydrogens (tertiary/aromatic N) is 1. The van der Waals surface area contributed by atoms with Gasteiger partial charge in [0.1, 0.15) is 0 Å². The van der Waals surface area contributed by atoms with Crippen LogP contribution in [0.5, 0.6) is 0 Å². The predicted octanol–water partition coefficient (Wildman–Crippen LogP) is 3.91. The number of hydrogen-bond acceptors (Lipinski definition) is 4. The van der Waals surface area contributed by atoms with Gasteiger partial charge in [0.15, 0.2) is 0 Å². The summed E-state index contributed by atoms with van der Waals surface area (Å²) in [6.07, 6.45) is 0.600. The number of hydrogen-bond donors (Lipinski definition) is 3. The maximum Gasteiger partial charge on any atom is 0.255 e. The molecule has 1 atom stereocenters. The molecule has 3 rings (SSSR count). The van der Waals surface area contributed by atoms with Crippen molar-refractivity contribution in [3.05, 3.63) is 63.1 Å². The molecule has 1 unspecified atom stereocenters. The molecule has 0 aliphatic heterocycles. The predicted molar refractivity (Wildman–Crippen MR) is 95.7 cm³/mol. The van der Waals surface area contributed by atoms with Crippen molar-refractivity contribution < 1.29 is 9.90 Å². The van der Waals surface area contributed by atoms with E-state index in [1.807, 2.05) is 6.07 Å². The highest BCUT2D eigenvalue weighted by atomic mass is 35.5. The number of halogens is 2. The van der Waals surface area contributed by atoms with Crippen LogP contribution in [0.25, 0.3) is 10.6 Å². The van der Waals surface area contributed by atoms with Crippen LogP contribution in [-0.2, 0) is 0 Å². The summed E-state index contributed by atoms with van der Waals surface area (Å²) in [4.78, 5) is 13.2. The molecule has 2 heterocycles. The Bertz CT molecular complexity index is 862. The number of carbonyl (C=O) groups is 1. The van der Waals surface area contributed by atoms with Gasteiger partial charge in [-0.3, -0.25) is 9.89 Å². The maximum atomic E-state index is 12.4. The Morgan fingerprint density at radius 3 is 2.88 bits per heavy atom. The van der Waals surface area contributed by atoms with Crippen LogP contribution in [-0.4, -0.2) is 27.8 Å². The van der Waals surface area contributed by atoms with E-state index in [9.17, 15) is 9.90 Å². The summed E-state index contributed by atoms with van der Waals surface area (Å²) in [5.41, 5.74) is 1.63. The van der Waals surface area contributed by atoms with Crippen LogP contribution in [0.2, 0.25) is 9.36 Å². The van der Waals surface area contributed by atoms with Crippen molar-refractivity contribution in [1.29, 1.82) is 0 Å². The first-order chi connectivity index (χ1) is 11.5. The highest BCUT2D eigenvalue weighted by Crippen LogP contribution is 2.31. The molecule has 0 saturated carbocycles. The lowest BCUT2D eigenvalue weighted by Gasteiger charge is -2.12. The molecule has 3 aromatic rings. The van der Waals surface area contributed by atoms with Crippen molar-refractivity contribution in [1.82, 2.24) is 15.5 Å². The standard InChI is InChI=1S/C16H13Cl2N3O2S/c17-10-3-1-2-9(6-10)12(22)8-19-16(23)11-7-20-21-15(11)13-4-5-14(18)24-13/h1-7,12,22H,8H2,(H,19,23)(H,20,21). The smallest absolute Gasteiger partial charge is 0.255 e. The van der Waals surface area contributed by atoms with Crippen molar-refractivity contribution in [2.24, 2.45) is 0 Å². The number of amides is 1. The van der Waals surface area contributed by atoms with Crippen LogP contribution in [0.1, 0.15) is 22.0 Å². The Balaban J connectivity index is 1.69. The fourth-order valence-corrected chi connectivity index (χ4v) is 3.46. The molecule has 0 radical (unpaired) electrons. The normalized spacial score (nSPS) is 12.1. The Kier molecular flexibility index (Phi) is 5.20. The third-order valence-electron chi connectivity index (χ3n) is 3.39. The summed E-state index contributed by atoms with van der Waals surface area (Å²) in [5, 5.41) is 20.1. The summed E-state index contributed by atoms with van der Waals surface area (Å²) < 4.78 is 0.627. The van der Waals surface area contributed by atoms with Crippen LogP contribution >= 0.6 is 34.5 Å². The highest BCUT2D eigenvalue weighted by molar-refractivity contribution is 7.19. The van der Waals surface area contributed by atoms with Gasteiger partial charge in [0.2, 0.25) is 0 Å². The van der Waals surface area contributed by atoms with Crippen LogP contribution < -0.4 is 5.32 Å². The molecule has 24 heavy (non-hydrogen) atoms. The number of aromatic nitrogens is 2. The first-order valence-corrected chi connectivity index (χ1v) is 8.62. The van der Waals surface area contributed by atoms with Gasteiger partial charge < -0.3 is 10.4 Å². The summed E-state index contributed by atoms with van der Waals surface area (Å²) in [5.74, 6) is -0.329. The second-order valence-electron chi connectivity index (χ2n) is 5.04. The summed E-state index contributed by atoms with van der Waals surface area (Å²) >= 11 is 13.2. The molecule has 1 aromatic carbocycles. The minimum Gasteiger partial charge on any atom is -0.387 e. The van der Waals surface area contributed by atoms with Crippen LogP contribution in [0.3, 0.4) is 0 Å². The van der Waals surface area contributed by atoms with Crippen molar-refractivity contribution in [2.45, 2.75) is 6.10 Å². The van der Waals surface area contributed by atoms with Gasteiger partial charge in [0.25, 0.3) is 5.91 Å². The van der Waals surface area contributed by atoms with Gasteiger partial charge in [-0.05, 0) is 29.8 Å². The number of nitrogens with one attached hydrogen (secondary N) is 2. The summed E-state index contributed by atoms with van der Waals surface area (Å²) in [6.45, 7) is 0.0645. The van der Waals surface area contributed by atoms with Crippen LogP contribution in [0.15, 0.2) is 42.6 Å². The van der Waals surface area contributed by atoms with Gasteiger partial charge in [-0.2, -0.15) is 5.10 Å². The average molecular weight is 382 g/mol. The van der Waals surface area contributed by atoms with Gasteiger partial charge in [-0.25, -0.2) is 0 Å². The quantitative estimate of drug-likeness (QED) is 0.626. The average Bonchev–Trinajstić information content (AvgIpc) is 3.20.